The number of fused-ring (bicyclic) bond motifs is 1. The third-order valence-electron chi connectivity index (χ3n) is 2.91. The number of aromatic nitrogens is 1. The number of aryl methyl sites for hydroxylation is 1. The summed E-state index contributed by atoms with van der Waals surface area (Å²) < 4.78 is 0. The number of nitro benzene ring substituents is 1. The van der Waals surface area contributed by atoms with Gasteiger partial charge in [-0.3, -0.25) is 10.1 Å². The quantitative estimate of drug-likeness (QED) is 0.663. The van der Waals surface area contributed by atoms with E-state index in [0.29, 0.717) is 17.4 Å². The highest BCUT2D eigenvalue weighted by molar-refractivity contribution is 5.93. The van der Waals surface area contributed by atoms with Crippen molar-refractivity contribution in [3.63, 3.8) is 0 Å². The molecule has 0 aliphatic carbocycles. The highest BCUT2D eigenvalue weighted by Gasteiger charge is 2.21. The van der Waals surface area contributed by atoms with E-state index in [1.165, 1.54) is 12.3 Å². The fraction of sp³-hybridized carbons (Fsp3) is 0.308. The fourth-order valence-corrected chi connectivity index (χ4v) is 2.03. The molecule has 5 nitrogen and oxygen atoms in total. The molecule has 94 valence electrons. The number of unbranched alkanes of at least 4 members (excludes halogenated alkanes) is 1. The number of rotatable bonds is 4. The molecule has 0 fully saturated rings. The van der Waals surface area contributed by atoms with Crippen LogP contribution in [-0.2, 0) is 6.42 Å². The molecule has 0 radical (unpaired) electrons. The minimum Gasteiger partial charge on any atom is -0.507 e. The van der Waals surface area contributed by atoms with Gasteiger partial charge in [0, 0.05) is 17.1 Å². The Morgan fingerprint density at radius 2 is 2.28 bits per heavy atom. The van der Waals surface area contributed by atoms with Gasteiger partial charge < -0.3 is 5.11 Å². The lowest BCUT2D eigenvalue weighted by Gasteiger charge is -2.07. The Balaban J connectivity index is 2.70. The standard InChI is InChI=1S/C13H14N2O3/c1-2-3-5-9-8-11(16)10-6-4-7-14-12(10)13(9)15(17)18/h4,6-8,16H,2-3,5H2,1H3. The molecule has 0 unspecified atom stereocenters. The molecule has 0 saturated heterocycles. The minimum atomic E-state index is -0.417. The lowest BCUT2D eigenvalue weighted by molar-refractivity contribution is -0.383. The number of hydrogen-bond donors (Lipinski definition) is 1. The number of nitro groups is 1. The lowest BCUT2D eigenvalue weighted by Crippen LogP contribution is -1.98. The van der Waals surface area contributed by atoms with Crippen molar-refractivity contribution >= 4 is 16.6 Å². The summed E-state index contributed by atoms with van der Waals surface area (Å²) in [5.41, 5.74) is 0.816. The molecule has 2 aromatic rings. The van der Waals surface area contributed by atoms with Crippen molar-refractivity contribution in [3.8, 4) is 5.75 Å². The van der Waals surface area contributed by atoms with Gasteiger partial charge in [0.05, 0.1) is 4.92 Å². The molecule has 0 spiro atoms. The van der Waals surface area contributed by atoms with Gasteiger partial charge in [0.1, 0.15) is 5.75 Å². The molecule has 0 amide bonds. The molecule has 0 saturated carbocycles. The summed E-state index contributed by atoms with van der Waals surface area (Å²) in [5.74, 6) is 0.0507. The second-order valence-corrected chi connectivity index (χ2v) is 4.16. The van der Waals surface area contributed by atoms with Crippen LogP contribution in [0.3, 0.4) is 0 Å². The number of nitrogens with zero attached hydrogens (tertiary/aromatic N) is 2. The Kier molecular flexibility index (Phi) is 3.41. The summed E-state index contributed by atoms with van der Waals surface area (Å²) in [6, 6.07) is 4.77. The Morgan fingerprint density at radius 3 is 2.94 bits per heavy atom. The average molecular weight is 246 g/mol. The van der Waals surface area contributed by atoms with Crippen molar-refractivity contribution in [2.75, 3.05) is 0 Å². The summed E-state index contributed by atoms with van der Waals surface area (Å²) >= 11 is 0. The van der Waals surface area contributed by atoms with Gasteiger partial charge in [0.15, 0.2) is 5.52 Å². The molecular weight excluding hydrogens is 232 g/mol. The van der Waals surface area contributed by atoms with Gasteiger partial charge in [-0.1, -0.05) is 13.3 Å². The summed E-state index contributed by atoms with van der Waals surface area (Å²) in [4.78, 5) is 14.8. The van der Waals surface area contributed by atoms with Gasteiger partial charge in [-0.25, -0.2) is 4.98 Å². The third kappa shape index (κ3) is 2.11. The van der Waals surface area contributed by atoms with Gasteiger partial charge in [0.25, 0.3) is 5.69 Å². The van der Waals surface area contributed by atoms with E-state index in [0.717, 1.165) is 12.8 Å². The van der Waals surface area contributed by atoms with Crippen LogP contribution in [0.1, 0.15) is 25.3 Å². The van der Waals surface area contributed by atoms with E-state index < -0.39 is 4.92 Å². The number of benzene rings is 1. The summed E-state index contributed by atoms with van der Waals surface area (Å²) in [6.07, 6.45) is 3.86. The Morgan fingerprint density at radius 1 is 1.50 bits per heavy atom. The van der Waals surface area contributed by atoms with E-state index in [1.807, 2.05) is 6.92 Å². The highest BCUT2D eigenvalue weighted by atomic mass is 16.6. The topological polar surface area (TPSA) is 76.3 Å². The average Bonchev–Trinajstić information content (AvgIpc) is 2.36. The zero-order valence-corrected chi connectivity index (χ0v) is 10.1. The summed E-state index contributed by atoms with van der Waals surface area (Å²) in [5, 5.41) is 21.5. The smallest absolute Gasteiger partial charge is 0.298 e. The van der Waals surface area contributed by atoms with Crippen molar-refractivity contribution in [1.82, 2.24) is 4.98 Å². The van der Waals surface area contributed by atoms with Crippen LogP contribution in [0, 0.1) is 10.1 Å². The van der Waals surface area contributed by atoms with E-state index in [9.17, 15) is 15.2 Å². The van der Waals surface area contributed by atoms with Crippen molar-refractivity contribution < 1.29 is 10.0 Å². The second-order valence-electron chi connectivity index (χ2n) is 4.16. The molecule has 5 heteroatoms. The molecule has 1 aromatic carbocycles. The molecule has 18 heavy (non-hydrogen) atoms. The molecule has 1 aromatic heterocycles. The molecule has 1 N–H and O–H groups in total. The van der Waals surface area contributed by atoms with Crippen molar-refractivity contribution in [1.29, 1.82) is 0 Å². The first-order valence-corrected chi connectivity index (χ1v) is 5.89. The molecular formula is C13H14N2O3. The van der Waals surface area contributed by atoms with Crippen LogP contribution < -0.4 is 0 Å². The van der Waals surface area contributed by atoms with Crippen molar-refractivity contribution in [2.24, 2.45) is 0 Å². The number of phenols is 1. The Labute approximate surface area is 104 Å². The van der Waals surface area contributed by atoms with Crippen molar-refractivity contribution in [2.45, 2.75) is 26.2 Å². The van der Waals surface area contributed by atoms with Gasteiger partial charge in [-0.15, -0.1) is 0 Å². The van der Waals surface area contributed by atoms with Crippen LogP contribution in [0.5, 0.6) is 5.75 Å². The van der Waals surface area contributed by atoms with E-state index in [4.69, 9.17) is 0 Å². The number of phenolic OH excluding ortho intramolecular Hbond substituents is 1. The van der Waals surface area contributed by atoms with Gasteiger partial charge >= 0.3 is 0 Å². The van der Waals surface area contributed by atoms with E-state index in [2.05, 4.69) is 4.98 Å². The maximum Gasteiger partial charge on any atom is 0.298 e. The zero-order valence-electron chi connectivity index (χ0n) is 10.1. The van der Waals surface area contributed by atoms with Crippen LogP contribution in [0.4, 0.5) is 5.69 Å². The molecule has 0 aliphatic rings. The van der Waals surface area contributed by atoms with Crippen LogP contribution >= 0.6 is 0 Å². The van der Waals surface area contributed by atoms with Gasteiger partial charge in [-0.05, 0) is 31.0 Å². The molecule has 0 aliphatic heterocycles. The predicted molar refractivity (Wildman–Crippen MR) is 68.7 cm³/mol. The zero-order chi connectivity index (χ0) is 13.1. The first-order chi connectivity index (χ1) is 8.65. The Hall–Kier alpha value is -2.17. The first kappa shape index (κ1) is 12.3. The van der Waals surface area contributed by atoms with Gasteiger partial charge in [-0.2, -0.15) is 0 Å². The monoisotopic (exact) mass is 246 g/mol. The van der Waals surface area contributed by atoms with Gasteiger partial charge in [0.2, 0.25) is 0 Å². The van der Waals surface area contributed by atoms with E-state index in [-0.39, 0.29) is 17.0 Å². The summed E-state index contributed by atoms with van der Waals surface area (Å²) in [6.45, 7) is 2.02. The Bertz CT molecular complexity index is 596. The van der Waals surface area contributed by atoms with Crippen LogP contribution in [0.25, 0.3) is 10.9 Å². The SMILES string of the molecule is CCCCc1cc(O)c2cccnc2c1[N+](=O)[O-]. The predicted octanol–water partition coefficient (Wildman–Crippen LogP) is 3.19. The minimum absolute atomic E-state index is 0.0110. The normalized spacial score (nSPS) is 10.7. The number of hydrogen-bond acceptors (Lipinski definition) is 4. The molecule has 1 heterocycles. The van der Waals surface area contributed by atoms with E-state index >= 15 is 0 Å². The largest absolute Gasteiger partial charge is 0.507 e. The lowest BCUT2D eigenvalue weighted by atomic mass is 10.0. The maximum atomic E-state index is 11.2. The highest BCUT2D eigenvalue weighted by Crippen LogP contribution is 2.35. The molecule has 2 rings (SSSR count). The maximum absolute atomic E-state index is 11.2. The van der Waals surface area contributed by atoms with Crippen LogP contribution in [0.2, 0.25) is 0 Å². The number of aromatic hydroxyl groups is 1. The van der Waals surface area contributed by atoms with Crippen LogP contribution in [0.15, 0.2) is 24.4 Å². The first-order valence-electron chi connectivity index (χ1n) is 5.89. The van der Waals surface area contributed by atoms with Crippen LogP contribution in [-0.4, -0.2) is 15.0 Å². The summed E-state index contributed by atoms with van der Waals surface area (Å²) in [7, 11) is 0. The van der Waals surface area contributed by atoms with Crippen molar-refractivity contribution in [3.05, 3.63) is 40.1 Å². The van der Waals surface area contributed by atoms with E-state index in [1.54, 1.807) is 12.1 Å². The third-order valence-corrected chi connectivity index (χ3v) is 2.91. The second kappa shape index (κ2) is 5.00. The number of pyridine rings is 1. The fourth-order valence-electron chi connectivity index (χ4n) is 2.03. The molecule has 0 bridgehead atoms. The molecule has 0 atom stereocenters.